The first-order valence-corrected chi connectivity index (χ1v) is 8.32. The van der Waals surface area contributed by atoms with E-state index in [2.05, 4.69) is 18.7 Å². The van der Waals surface area contributed by atoms with Gasteiger partial charge in [-0.05, 0) is 38.2 Å². The highest BCUT2D eigenvalue weighted by atomic mass is 16.7. The summed E-state index contributed by atoms with van der Waals surface area (Å²) in [5.41, 5.74) is 1.68. The number of esters is 1. The number of benzene rings is 1. The highest BCUT2D eigenvalue weighted by Gasteiger charge is 2.36. The number of carbonyl (C=O) groups is 1. The lowest BCUT2D eigenvalue weighted by Gasteiger charge is -2.19. The van der Waals surface area contributed by atoms with Gasteiger partial charge in [-0.3, -0.25) is 0 Å². The third kappa shape index (κ3) is 4.91. The molecule has 0 radical (unpaired) electrons. The first-order chi connectivity index (χ1) is 11.2. The van der Waals surface area contributed by atoms with Crippen LogP contribution in [-0.2, 0) is 19.0 Å². The standard InChI is InChI=1S/C19H26O4/c1-4-21-17-13-16(12-11-14(3)19(20)22-5-2)18(23-17)15-9-7-6-8-10-15/h6-10,16-18H,3-5,11-13H2,1-2H3/t16-,17?,18+/m1/s1. The summed E-state index contributed by atoms with van der Waals surface area (Å²) in [5, 5.41) is 0. The van der Waals surface area contributed by atoms with E-state index in [0.717, 1.165) is 18.4 Å². The third-order valence-corrected chi connectivity index (χ3v) is 4.08. The quantitative estimate of drug-likeness (QED) is 0.536. The molecule has 1 heterocycles. The largest absolute Gasteiger partial charge is 0.463 e. The second-order valence-electron chi connectivity index (χ2n) is 5.71. The van der Waals surface area contributed by atoms with Crippen LogP contribution in [0.5, 0.6) is 0 Å². The Morgan fingerprint density at radius 1 is 1.26 bits per heavy atom. The Balaban J connectivity index is 1.99. The molecule has 4 heteroatoms. The summed E-state index contributed by atoms with van der Waals surface area (Å²) in [7, 11) is 0. The van der Waals surface area contributed by atoms with Gasteiger partial charge in [-0.1, -0.05) is 36.9 Å². The number of hydrogen-bond donors (Lipinski definition) is 0. The second kappa shape index (κ2) is 8.85. The van der Waals surface area contributed by atoms with Crippen LogP contribution in [0.1, 0.15) is 44.8 Å². The molecule has 1 aromatic carbocycles. The van der Waals surface area contributed by atoms with Gasteiger partial charge in [0, 0.05) is 18.6 Å². The first kappa shape index (κ1) is 17.7. The Kier molecular flexibility index (Phi) is 6.81. The Morgan fingerprint density at radius 2 is 2.00 bits per heavy atom. The SMILES string of the molecule is C=C(CC[C@@H]1CC(OCC)O[C@H]1c1ccccc1)C(=O)OCC. The average Bonchev–Trinajstić information content (AvgIpc) is 2.97. The second-order valence-corrected chi connectivity index (χ2v) is 5.71. The number of hydrogen-bond acceptors (Lipinski definition) is 4. The van der Waals surface area contributed by atoms with Crippen molar-refractivity contribution in [2.24, 2.45) is 5.92 Å². The molecule has 23 heavy (non-hydrogen) atoms. The van der Waals surface area contributed by atoms with Gasteiger partial charge in [0.25, 0.3) is 0 Å². The molecule has 2 rings (SSSR count). The van der Waals surface area contributed by atoms with Crippen LogP contribution in [0.25, 0.3) is 0 Å². The number of ether oxygens (including phenoxy) is 3. The zero-order valence-corrected chi connectivity index (χ0v) is 14.0. The molecule has 3 atom stereocenters. The topological polar surface area (TPSA) is 44.8 Å². The Hall–Kier alpha value is -1.65. The fraction of sp³-hybridized carbons (Fsp3) is 0.526. The van der Waals surface area contributed by atoms with Crippen molar-refractivity contribution in [2.75, 3.05) is 13.2 Å². The minimum atomic E-state index is -0.302. The van der Waals surface area contributed by atoms with E-state index in [1.807, 2.05) is 25.1 Å². The Labute approximate surface area is 138 Å². The van der Waals surface area contributed by atoms with Gasteiger partial charge in [-0.2, -0.15) is 0 Å². The molecular formula is C19H26O4. The zero-order chi connectivity index (χ0) is 16.7. The van der Waals surface area contributed by atoms with Crippen molar-refractivity contribution in [2.45, 2.75) is 45.5 Å². The lowest BCUT2D eigenvalue weighted by molar-refractivity contribution is -0.138. The van der Waals surface area contributed by atoms with Gasteiger partial charge in [0.15, 0.2) is 6.29 Å². The van der Waals surface area contributed by atoms with Crippen molar-refractivity contribution >= 4 is 5.97 Å². The van der Waals surface area contributed by atoms with Gasteiger partial charge >= 0.3 is 5.97 Å². The van der Waals surface area contributed by atoms with Crippen LogP contribution in [0.15, 0.2) is 42.5 Å². The van der Waals surface area contributed by atoms with E-state index in [9.17, 15) is 4.79 Å². The lowest BCUT2D eigenvalue weighted by Crippen LogP contribution is -2.11. The maximum absolute atomic E-state index is 11.7. The number of rotatable bonds is 8. The summed E-state index contributed by atoms with van der Waals surface area (Å²) in [5.74, 6) is 0.00385. The molecule has 0 amide bonds. The van der Waals surface area contributed by atoms with Crippen molar-refractivity contribution in [1.29, 1.82) is 0 Å². The van der Waals surface area contributed by atoms with Crippen molar-refractivity contribution in [3.8, 4) is 0 Å². The van der Waals surface area contributed by atoms with E-state index in [1.54, 1.807) is 6.92 Å². The molecule has 1 aromatic rings. The summed E-state index contributed by atoms with van der Waals surface area (Å²) < 4.78 is 16.7. The van der Waals surface area contributed by atoms with E-state index in [0.29, 0.717) is 31.1 Å². The van der Waals surface area contributed by atoms with E-state index >= 15 is 0 Å². The minimum absolute atomic E-state index is 0.00254. The van der Waals surface area contributed by atoms with Crippen molar-refractivity contribution in [3.05, 3.63) is 48.0 Å². The summed E-state index contributed by atoms with van der Waals surface area (Å²) in [4.78, 5) is 11.7. The maximum atomic E-state index is 11.7. The predicted octanol–water partition coefficient (Wildman–Crippen LogP) is 4.03. The van der Waals surface area contributed by atoms with Crippen LogP contribution in [0, 0.1) is 5.92 Å². The maximum Gasteiger partial charge on any atom is 0.333 e. The van der Waals surface area contributed by atoms with Crippen LogP contribution in [0.4, 0.5) is 0 Å². The molecule has 0 bridgehead atoms. The molecule has 1 saturated heterocycles. The monoisotopic (exact) mass is 318 g/mol. The molecule has 0 aromatic heterocycles. The lowest BCUT2D eigenvalue weighted by atomic mass is 9.89. The fourth-order valence-corrected chi connectivity index (χ4v) is 2.95. The normalized spacial score (nSPS) is 23.7. The molecule has 4 nitrogen and oxygen atoms in total. The molecule has 0 saturated carbocycles. The molecule has 1 aliphatic heterocycles. The van der Waals surface area contributed by atoms with Crippen molar-refractivity contribution < 1.29 is 19.0 Å². The fourth-order valence-electron chi connectivity index (χ4n) is 2.95. The highest BCUT2D eigenvalue weighted by Crippen LogP contribution is 2.41. The first-order valence-electron chi connectivity index (χ1n) is 8.32. The van der Waals surface area contributed by atoms with Crippen LogP contribution in [0.3, 0.4) is 0 Å². The van der Waals surface area contributed by atoms with Gasteiger partial charge in [-0.15, -0.1) is 0 Å². The minimum Gasteiger partial charge on any atom is -0.463 e. The van der Waals surface area contributed by atoms with Gasteiger partial charge in [-0.25, -0.2) is 4.79 Å². The molecule has 126 valence electrons. The Morgan fingerprint density at radius 3 is 2.65 bits per heavy atom. The molecule has 1 unspecified atom stereocenters. The van der Waals surface area contributed by atoms with E-state index in [-0.39, 0.29) is 18.4 Å². The predicted molar refractivity (Wildman–Crippen MR) is 88.8 cm³/mol. The molecule has 1 fully saturated rings. The molecule has 0 N–H and O–H groups in total. The molecular weight excluding hydrogens is 292 g/mol. The average molecular weight is 318 g/mol. The number of carbonyl (C=O) groups excluding carboxylic acids is 1. The van der Waals surface area contributed by atoms with Gasteiger partial charge in [0.05, 0.1) is 12.7 Å². The van der Waals surface area contributed by atoms with Crippen LogP contribution >= 0.6 is 0 Å². The van der Waals surface area contributed by atoms with Gasteiger partial charge in [0.2, 0.25) is 0 Å². The zero-order valence-electron chi connectivity index (χ0n) is 14.0. The summed E-state index contributed by atoms with van der Waals surface area (Å²) in [6.07, 6.45) is 2.12. The van der Waals surface area contributed by atoms with E-state index < -0.39 is 0 Å². The third-order valence-electron chi connectivity index (χ3n) is 4.08. The van der Waals surface area contributed by atoms with Gasteiger partial charge in [0.1, 0.15) is 0 Å². The smallest absolute Gasteiger partial charge is 0.333 e. The molecule has 1 aliphatic rings. The van der Waals surface area contributed by atoms with Crippen LogP contribution in [0.2, 0.25) is 0 Å². The Bertz CT molecular complexity index is 511. The molecule has 0 aliphatic carbocycles. The summed E-state index contributed by atoms with van der Waals surface area (Å²) in [6.45, 7) is 8.62. The summed E-state index contributed by atoms with van der Waals surface area (Å²) in [6, 6.07) is 10.2. The van der Waals surface area contributed by atoms with Crippen molar-refractivity contribution in [3.63, 3.8) is 0 Å². The van der Waals surface area contributed by atoms with E-state index in [1.165, 1.54) is 0 Å². The van der Waals surface area contributed by atoms with Crippen molar-refractivity contribution in [1.82, 2.24) is 0 Å². The van der Waals surface area contributed by atoms with Crippen LogP contribution < -0.4 is 0 Å². The molecule has 0 spiro atoms. The highest BCUT2D eigenvalue weighted by molar-refractivity contribution is 5.87. The van der Waals surface area contributed by atoms with Crippen LogP contribution in [-0.4, -0.2) is 25.5 Å². The summed E-state index contributed by atoms with van der Waals surface area (Å²) >= 11 is 0. The van der Waals surface area contributed by atoms with E-state index in [4.69, 9.17) is 14.2 Å². The van der Waals surface area contributed by atoms with Gasteiger partial charge < -0.3 is 14.2 Å².